The van der Waals surface area contributed by atoms with Crippen molar-refractivity contribution in [1.82, 2.24) is 5.32 Å². The molecular weight excluding hydrogens is 230 g/mol. The molecule has 0 unspecified atom stereocenters. The number of carbonyl (C=O) groups is 2. The van der Waals surface area contributed by atoms with Crippen molar-refractivity contribution >= 4 is 11.9 Å². The summed E-state index contributed by atoms with van der Waals surface area (Å²) >= 11 is 0. The first-order chi connectivity index (χ1) is 8.50. The van der Waals surface area contributed by atoms with Crippen LogP contribution in [0.3, 0.4) is 0 Å². The summed E-state index contributed by atoms with van der Waals surface area (Å²) in [5, 5.41) is 11.8. The summed E-state index contributed by atoms with van der Waals surface area (Å²) < 4.78 is 0. The van der Waals surface area contributed by atoms with Gasteiger partial charge in [-0.1, -0.05) is 39.5 Å². The first kappa shape index (κ1) is 15.0. The van der Waals surface area contributed by atoms with Crippen LogP contribution in [0.1, 0.15) is 58.8 Å². The summed E-state index contributed by atoms with van der Waals surface area (Å²) in [5.74, 6) is -0.710. The van der Waals surface area contributed by atoms with Crippen molar-refractivity contribution in [2.75, 3.05) is 0 Å². The number of carbonyl (C=O) groups excluding carboxylic acids is 1. The molecule has 0 radical (unpaired) electrons. The molecule has 4 heteroatoms. The largest absolute Gasteiger partial charge is 0.480 e. The molecule has 0 aromatic heterocycles. The molecule has 0 aromatic carbocycles. The van der Waals surface area contributed by atoms with Crippen LogP contribution in [-0.2, 0) is 9.59 Å². The summed E-state index contributed by atoms with van der Waals surface area (Å²) in [6, 6.07) is -0.735. The van der Waals surface area contributed by atoms with Crippen LogP contribution in [-0.4, -0.2) is 23.0 Å². The third-order valence-electron chi connectivity index (χ3n) is 3.55. The topological polar surface area (TPSA) is 66.4 Å². The van der Waals surface area contributed by atoms with Gasteiger partial charge in [-0.15, -0.1) is 0 Å². The standard InChI is InChI=1S/C14H25NO3/c1-10(2)9-12(14(17)18)15-13(16)11-7-5-3-4-6-8-11/h10-12H,3-9H2,1-2H3,(H,15,16)(H,17,18)/t12-/m0/s1. The molecule has 2 N–H and O–H groups in total. The highest BCUT2D eigenvalue weighted by molar-refractivity contribution is 5.84. The van der Waals surface area contributed by atoms with E-state index in [9.17, 15) is 9.59 Å². The van der Waals surface area contributed by atoms with Gasteiger partial charge in [-0.2, -0.15) is 0 Å². The molecule has 0 spiro atoms. The molecule has 104 valence electrons. The summed E-state index contributed by atoms with van der Waals surface area (Å²) in [7, 11) is 0. The van der Waals surface area contributed by atoms with Crippen molar-refractivity contribution in [1.29, 1.82) is 0 Å². The molecular formula is C14H25NO3. The minimum Gasteiger partial charge on any atom is -0.480 e. The maximum atomic E-state index is 12.1. The molecule has 0 aliphatic heterocycles. The van der Waals surface area contributed by atoms with Crippen molar-refractivity contribution in [3.05, 3.63) is 0 Å². The zero-order chi connectivity index (χ0) is 13.5. The molecule has 1 aliphatic rings. The third kappa shape index (κ3) is 5.07. The van der Waals surface area contributed by atoms with Gasteiger partial charge in [0, 0.05) is 5.92 Å². The number of carboxylic acids is 1. The fourth-order valence-corrected chi connectivity index (χ4v) is 2.52. The van der Waals surface area contributed by atoms with E-state index in [1.54, 1.807) is 0 Å². The molecule has 4 nitrogen and oxygen atoms in total. The van der Waals surface area contributed by atoms with E-state index in [-0.39, 0.29) is 17.7 Å². The number of aliphatic carboxylic acids is 1. The van der Waals surface area contributed by atoms with E-state index in [1.165, 1.54) is 12.8 Å². The summed E-state index contributed by atoms with van der Waals surface area (Å²) in [6.07, 6.45) is 6.85. The molecule has 1 aliphatic carbocycles. The zero-order valence-electron chi connectivity index (χ0n) is 11.4. The van der Waals surface area contributed by atoms with E-state index in [0.29, 0.717) is 6.42 Å². The van der Waals surface area contributed by atoms with Crippen molar-refractivity contribution in [3.63, 3.8) is 0 Å². The Morgan fingerprint density at radius 1 is 1.17 bits per heavy atom. The SMILES string of the molecule is CC(C)C[C@H](NC(=O)C1CCCCCC1)C(=O)O. The lowest BCUT2D eigenvalue weighted by molar-refractivity contribution is -0.143. The lowest BCUT2D eigenvalue weighted by Crippen LogP contribution is -2.44. The molecule has 1 atom stereocenters. The van der Waals surface area contributed by atoms with E-state index < -0.39 is 12.0 Å². The maximum absolute atomic E-state index is 12.1. The predicted octanol–water partition coefficient (Wildman–Crippen LogP) is 2.57. The van der Waals surface area contributed by atoms with Gasteiger partial charge in [0.1, 0.15) is 6.04 Å². The predicted molar refractivity (Wildman–Crippen MR) is 70.2 cm³/mol. The van der Waals surface area contributed by atoms with E-state index in [4.69, 9.17) is 5.11 Å². The van der Waals surface area contributed by atoms with Crippen LogP contribution in [0.5, 0.6) is 0 Å². The average Bonchev–Trinajstić information content (AvgIpc) is 2.55. The Balaban J connectivity index is 2.51. The summed E-state index contributed by atoms with van der Waals surface area (Å²) in [4.78, 5) is 23.2. The van der Waals surface area contributed by atoms with Gasteiger partial charge in [-0.3, -0.25) is 4.79 Å². The molecule has 0 aromatic rings. The zero-order valence-corrected chi connectivity index (χ0v) is 11.4. The number of hydrogen-bond donors (Lipinski definition) is 2. The van der Waals surface area contributed by atoms with Crippen LogP contribution in [0, 0.1) is 11.8 Å². The Morgan fingerprint density at radius 2 is 1.72 bits per heavy atom. The fraction of sp³-hybridized carbons (Fsp3) is 0.857. The normalized spacial score (nSPS) is 19.3. The van der Waals surface area contributed by atoms with Gasteiger partial charge in [-0.05, 0) is 25.2 Å². The van der Waals surface area contributed by atoms with Gasteiger partial charge in [-0.25, -0.2) is 4.79 Å². The molecule has 1 fully saturated rings. The summed E-state index contributed by atoms with van der Waals surface area (Å²) in [5.41, 5.74) is 0. The highest BCUT2D eigenvalue weighted by Gasteiger charge is 2.26. The van der Waals surface area contributed by atoms with E-state index in [1.807, 2.05) is 13.8 Å². The van der Waals surface area contributed by atoms with Crippen molar-refractivity contribution in [3.8, 4) is 0 Å². The van der Waals surface area contributed by atoms with Crippen molar-refractivity contribution in [2.45, 2.75) is 64.8 Å². The Labute approximate surface area is 109 Å². The van der Waals surface area contributed by atoms with Crippen LogP contribution in [0.25, 0.3) is 0 Å². The first-order valence-corrected chi connectivity index (χ1v) is 7.04. The van der Waals surface area contributed by atoms with Gasteiger partial charge in [0.2, 0.25) is 5.91 Å². The molecule has 0 bridgehead atoms. The second-order valence-corrected chi connectivity index (χ2v) is 5.72. The van der Waals surface area contributed by atoms with Crippen molar-refractivity contribution in [2.24, 2.45) is 11.8 Å². The van der Waals surface area contributed by atoms with Crippen LogP contribution < -0.4 is 5.32 Å². The maximum Gasteiger partial charge on any atom is 0.326 e. The lowest BCUT2D eigenvalue weighted by Gasteiger charge is -2.20. The molecule has 18 heavy (non-hydrogen) atoms. The minimum absolute atomic E-state index is 0.0153. The van der Waals surface area contributed by atoms with E-state index >= 15 is 0 Å². The highest BCUT2D eigenvalue weighted by Crippen LogP contribution is 2.23. The van der Waals surface area contributed by atoms with Crippen LogP contribution in [0.4, 0.5) is 0 Å². The number of hydrogen-bond acceptors (Lipinski definition) is 2. The van der Waals surface area contributed by atoms with Gasteiger partial charge in [0.05, 0.1) is 0 Å². The Kier molecular flexibility index (Phi) is 6.16. The monoisotopic (exact) mass is 255 g/mol. The van der Waals surface area contributed by atoms with Gasteiger partial charge < -0.3 is 10.4 Å². The summed E-state index contributed by atoms with van der Waals surface area (Å²) in [6.45, 7) is 3.93. The Morgan fingerprint density at radius 3 is 2.17 bits per heavy atom. The Hall–Kier alpha value is -1.06. The molecule has 0 saturated heterocycles. The molecule has 1 amide bonds. The highest BCUT2D eigenvalue weighted by atomic mass is 16.4. The van der Waals surface area contributed by atoms with Crippen LogP contribution >= 0.6 is 0 Å². The number of rotatable bonds is 5. The molecule has 0 heterocycles. The minimum atomic E-state index is -0.925. The smallest absolute Gasteiger partial charge is 0.326 e. The second kappa shape index (κ2) is 7.39. The van der Waals surface area contributed by atoms with Gasteiger partial charge in [0.15, 0.2) is 0 Å². The lowest BCUT2D eigenvalue weighted by atomic mass is 9.97. The molecule has 1 saturated carbocycles. The first-order valence-electron chi connectivity index (χ1n) is 7.04. The van der Waals surface area contributed by atoms with E-state index in [0.717, 1.165) is 25.7 Å². The Bertz CT molecular complexity index is 281. The van der Waals surface area contributed by atoms with Crippen LogP contribution in [0.15, 0.2) is 0 Å². The van der Waals surface area contributed by atoms with Crippen molar-refractivity contribution < 1.29 is 14.7 Å². The average molecular weight is 255 g/mol. The second-order valence-electron chi connectivity index (χ2n) is 5.72. The third-order valence-corrected chi connectivity index (χ3v) is 3.55. The number of carboxylic acid groups (broad SMARTS) is 1. The van der Waals surface area contributed by atoms with E-state index in [2.05, 4.69) is 5.32 Å². The number of amides is 1. The number of nitrogens with one attached hydrogen (secondary N) is 1. The quantitative estimate of drug-likeness (QED) is 0.742. The van der Waals surface area contributed by atoms with Crippen LogP contribution in [0.2, 0.25) is 0 Å². The fourth-order valence-electron chi connectivity index (χ4n) is 2.52. The van der Waals surface area contributed by atoms with Gasteiger partial charge >= 0.3 is 5.97 Å². The molecule has 1 rings (SSSR count). The van der Waals surface area contributed by atoms with Gasteiger partial charge in [0.25, 0.3) is 0 Å².